The first-order valence-electron chi connectivity index (χ1n) is 12.0. The molecule has 5 rings (SSSR count). The molecule has 1 aliphatic rings. The highest BCUT2D eigenvalue weighted by molar-refractivity contribution is 7.80. The van der Waals surface area contributed by atoms with Gasteiger partial charge in [-0.1, -0.05) is 18.2 Å². The average Bonchev–Trinajstić information content (AvgIpc) is 3.36. The lowest BCUT2D eigenvalue weighted by Gasteiger charge is -2.28. The number of pyridine rings is 1. The molecule has 1 saturated heterocycles. The van der Waals surface area contributed by atoms with E-state index in [0.29, 0.717) is 10.8 Å². The van der Waals surface area contributed by atoms with Crippen molar-refractivity contribution in [2.24, 2.45) is 0 Å². The van der Waals surface area contributed by atoms with Crippen molar-refractivity contribution in [3.05, 3.63) is 112 Å². The van der Waals surface area contributed by atoms with Crippen LogP contribution in [0.4, 0.5) is 18.9 Å². The molecule has 4 nitrogen and oxygen atoms in total. The maximum Gasteiger partial charge on any atom is 0.416 e. The lowest BCUT2D eigenvalue weighted by Crippen LogP contribution is -2.29. The first-order chi connectivity index (χ1) is 17.6. The summed E-state index contributed by atoms with van der Waals surface area (Å²) in [7, 11) is 0. The van der Waals surface area contributed by atoms with Gasteiger partial charge in [0.2, 0.25) is 0 Å². The van der Waals surface area contributed by atoms with Crippen LogP contribution in [0.3, 0.4) is 0 Å². The number of hydrogen-bond acceptors (Lipinski definition) is 2. The Bertz CT molecular complexity index is 1480. The zero-order chi connectivity index (χ0) is 26.5. The lowest BCUT2D eigenvalue weighted by atomic mass is 9.96. The van der Waals surface area contributed by atoms with Crippen molar-refractivity contribution >= 4 is 23.0 Å². The van der Waals surface area contributed by atoms with Crippen LogP contribution in [0.1, 0.15) is 51.4 Å². The summed E-state index contributed by atoms with van der Waals surface area (Å²) in [6.45, 7) is 7.98. The number of hydrogen-bond donors (Lipinski definition) is 1. The van der Waals surface area contributed by atoms with Gasteiger partial charge in [0.05, 0.1) is 23.3 Å². The molecule has 190 valence electrons. The molecular formula is C29H27F3N4S. The molecule has 0 amide bonds. The third-order valence-corrected chi connectivity index (χ3v) is 7.40. The van der Waals surface area contributed by atoms with E-state index in [1.54, 1.807) is 12.3 Å². The third kappa shape index (κ3) is 4.50. The maximum atomic E-state index is 13.5. The average molecular weight is 521 g/mol. The van der Waals surface area contributed by atoms with Gasteiger partial charge >= 0.3 is 6.18 Å². The highest BCUT2D eigenvalue weighted by atomic mass is 32.1. The number of halogens is 3. The van der Waals surface area contributed by atoms with Gasteiger partial charge in [-0.2, -0.15) is 13.2 Å². The Balaban J connectivity index is 1.68. The van der Waals surface area contributed by atoms with Gasteiger partial charge in [-0.3, -0.25) is 4.98 Å². The van der Waals surface area contributed by atoms with Crippen LogP contribution in [-0.4, -0.2) is 14.7 Å². The van der Waals surface area contributed by atoms with Crippen molar-refractivity contribution in [1.29, 1.82) is 0 Å². The minimum atomic E-state index is -4.42. The van der Waals surface area contributed by atoms with E-state index < -0.39 is 11.7 Å². The van der Waals surface area contributed by atoms with Crippen molar-refractivity contribution in [2.75, 3.05) is 4.90 Å². The summed E-state index contributed by atoms with van der Waals surface area (Å²) in [5, 5.41) is 4.04. The Labute approximate surface area is 219 Å². The summed E-state index contributed by atoms with van der Waals surface area (Å²) < 4.78 is 42.3. The van der Waals surface area contributed by atoms with Gasteiger partial charge < -0.3 is 14.8 Å². The monoisotopic (exact) mass is 520 g/mol. The molecule has 2 atom stereocenters. The van der Waals surface area contributed by atoms with Crippen LogP contribution in [0.5, 0.6) is 0 Å². The van der Waals surface area contributed by atoms with Gasteiger partial charge in [-0.05, 0) is 105 Å². The molecule has 3 heterocycles. The second-order valence-corrected chi connectivity index (χ2v) is 9.86. The second kappa shape index (κ2) is 9.34. The number of benzene rings is 2. The van der Waals surface area contributed by atoms with Gasteiger partial charge in [0.15, 0.2) is 5.11 Å². The largest absolute Gasteiger partial charge is 0.416 e. The van der Waals surface area contributed by atoms with Crippen molar-refractivity contribution in [2.45, 2.75) is 46.0 Å². The number of thiocarbonyl (C=S) groups is 1. The molecule has 0 radical (unpaired) electrons. The van der Waals surface area contributed by atoms with Gasteiger partial charge in [-0.25, -0.2) is 0 Å². The van der Waals surface area contributed by atoms with Crippen molar-refractivity contribution < 1.29 is 13.2 Å². The molecule has 0 aliphatic carbocycles. The molecule has 0 unspecified atom stereocenters. The quantitative estimate of drug-likeness (QED) is 0.286. The molecule has 2 aromatic heterocycles. The van der Waals surface area contributed by atoms with Crippen LogP contribution in [0, 0.1) is 27.7 Å². The molecular weight excluding hydrogens is 493 g/mol. The summed E-state index contributed by atoms with van der Waals surface area (Å²) in [6, 6.07) is 19.0. The van der Waals surface area contributed by atoms with E-state index in [2.05, 4.69) is 47.2 Å². The summed E-state index contributed by atoms with van der Waals surface area (Å²) >= 11 is 5.84. The number of aromatic nitrogens is 2. The molecule has 4 aromatic rings. The number of nitrogens with one attached hydrogen (secondary N) is 1. The number of alkyl halides is 3. The molecule has 0 bridgehead atoms. The first kappa shape index (κ1) is 25.0. The summed E-state index contributed by atoms with van der Waals surface area (Å²) in [4.78, 5) is 6.70. The number of aryl methyl sites for hydroxylation is 3. The zero-order valence-corrected chi connectivity index (χ0v) is 21.8. The Kier molecular flexibility index (Phi) is 6.31. The van der Waals surface area contributed by atoms with Crippen molar-refractivity contribution in [3.63, 3.8) is 0 Å². The summed E-state index contributed by atoms with van der Waals surface area (Å²) in [5.74, 6) is 0. The molecule has 0 saturated carbocycles. The fraction of sp³-hybridized carbons (Fsp3) is 0.241. The smallest absolute Gasteiger partial charge is 0.351 e. The fourth-order valence-electron chi connectivity index (χ4n) is 5.13. The topological polar surface area (TPSA) is 33.1 Å². The molecule has 8 heteroatoms. The molecule has 1 aliphatic heterocycles. The molecule has 37 heavy (non-hydrogen) atoms. The Morgan fingerprint density at radius 2 is 1.65 bits per heavy atom. The minimum Gasteiger partial charge on any atom is -0.351 e. The lowest BCUT2D eigenvalue weighted by molar-refractivity contribution is -0.137. The normalized spacial score (nSPS) is 17.8. The summed E-state index contributed by atoms with van der Waals surface area (Å²) in [5.41, 5.74) is 6.57. The van der Waals surface area contributed by atoms with Crippen LogP contribution in [0.25, 0.3) is 5.69 Å². The van der Waals surface area contributed by atoms with Crippen LogP contribution < -0.4 is 10.2 Å². The molecule has 2 aromatic carbocycles. The van der Waals surface area contributed by atoms with Crippen LogP contribution in [0.15, 0.2) is 72.9 Å². The van der Waals surface area contributed by atoms with E-state index in [1.165, 1.54) is 17.7 Å². The Morgan fingerprint density at radius 3 is 2.32 bits per heavy atom. The minimum absolute atomic E-state index is 0.245. The van der Waals surface area contributed by atoms with Gasteiger partial charge in [0, 0.05) is 29.0 Å². The van der Waals surface area contributed by atoms with Crippen LogP contribution in [-0.2, 0) is 6.18 Å². The van der Waals surface area contributed by atoms with E-state index in [9.17, 15) is 13.2 Å². The van der Waals surface area contributed by atoms with Gasteiger partial charge in [0.1, 0.15) is 0 Å². The maximum absolute atomic E-state index is 13.5. The van der Waals surface area contributed by atoms with Gasteiger partial charge in [0.25, 0.3) is 0 Å². The second-order valence-electron chi connectivity index (χ2n) is 9.48. The third-order valence-electron chi connectivity index (χ3n) is 7.09. The van der Waals surface area contributed by atoms with Crippen molar-refractivity contribution in [1.82, 2.24) is 14.9 Å². The van der Waals surface area contributed by atoms with E-state index in [4.69, 9.17) is 12.2 Å². The number of rotatable bonds is 4. The molecule has 1 fully saturated rings. The predicted molar refractivity (Wildman–Crippen MR) is 144 cm³/mol. The highest BCUT2D eigenvalue weighted by Crippen LogP contribution is 2.44. The first-order valence-corrected chi connectivity index (χ1v) is 12.4. The predicted octanol–water partition coefficient (Wildman–Crippen LogP) is 7.30. The standard InChI is InChI=1S/C29H27F3N4S/c1-17-11-12-23(14-18(17)2)36-27(26(34-28(36)37)25-10-5-6-13-33-25)24-15-19(3)35(20(24)4)22-9-7-8-21(16-22)29(30,31)32/h5-16,26-27H,1-4H3,(H,34,37)/t26-,27+/m1/s1. The Morgan fingerprint density at radius 1 is 0.865 bits per heavy atom. The van der Waals surface area contributed by atoms with Crippen LogP contribution in [0.2, 0.25) is 0 Å². The fourth-order valence-corrected chi connectivity index (χ4v) is 5.48. The van der Waals surface area contributed by atoms with Crippen LogP contribution >= 0.6 is 12.2 Å². The zero-order valence-electron chi connectivity index (χ0n) is 21.0. The van der Waals surface area contributed by atoms with Crippen molar-refractivity contribution in [3.8, 4) is 5.69 Å². The van der Waals surface area contributed by atoms with E-state index >= 15 is 0 Å². The van der Waals surface area contributed by atoms with E-state index in [0.717, 1.165) is 40.0 Å². The van der Waals surface area contributed by atoms with Gasteiger partial charge in [-0.15, -0.1) is 0 Å². The molecule has 0 spiro atoms. The Hall–Kier alpha value is -3.65. The van der Waals surface area contributed by atoms with E-state index in [-0.39, 0.29) is 12.1 Å². The highest BCUT2D eigenvalue weighted by Gasteiger charge is 2.42. The van der Waals surface area contributed by atoms with E-state index in [1.807, 2.05) is 42.7 Å². The summed E-state index contributed by atoms with van der Waals surface area (Å²) in [6.07, 6.45) is -2.67. The number of nitrogens with zero attached hydrogens (tertiary/aromatic N) is 3. The SMILES string of the molecule is Cc1ccc(N2C(=S)N[C@H](c3ccccn3)[C@@H]2c2cc(C)n(-c3cccc(C(F)(F)F)c3)c2C)cc1C. The number of anilines is 1. The molecule has 1 N–H and O–H groups in total.